The summed E-state index contributed by atoms with van der Waals surface area (Å²) in [6.07, 6.45) is 1.07. The molecule has 0 aliphatic carbocycles. The molecule has 0 heterocycles. The molecule has 0 bridgehead atoms. The Balaban J connectivity index is 4.68. The van der Waals surface area contributed by atoms with Crippen LogP contribution < -0.4 is 5.32 Å². The van der Waals surface area contributed by atoms with Crippen molar-refractivity contribution in [2.45, 2.75) is 39.7 Å². The topological polar surface area (TPSA) is 64.6 Å². The molecule has 0 aromatic carbocycles. The summed E-state index contributed by atoms with van der Waals surface area (Å²) in [5, 5.41) is 2.50. The number of hydrogen-bond acceptors (Lipinski definition) is 4. The summed E-state index contributed by atoms with van der Waals surface area (Å²) in [7, 11) is 2.76. The highest BCUT2D eigenvalue weighted by atomic mass is 16.5. The van der Waals surface area contributed by atoms with Gasteiger partial charge in [0.25, 0.3) is 0 Å². The van der Waals surface area contributed by atoms with Gasteiger partial charge in [-0.05, 0) is 6.42 Å². The molecule has 0 aromatic rings. The Hall–Kier alpha value is -1.10. The van der Waals surface area contributed by atoms with Crippen molar-refractivity contribution in [3.8, 4) is 0 Å². The number of amides is 1. The van der Waals surface area contributed by atoms with Gasteiger partial charge in [-0.3, -0.25) is 4.79 Å². The van der Waals surface area contributed by atoms with Gasteiger partial charge in [0.1, 0.15) is 6.04 Å². The van der Waals surface area contributed by atoms with Gasteiger partial charge in [-0.25, -0.2) is 4.79 Å². The summed E-state index contributed by atoms with van der Waals surface area (Å²) in [4.78, 5) is 23.4. The third kappa shape index (κ3) is 5.17. The number of rotatable bonds is 7. The van der Waals surface area contributed by atoms with Crippen molar-refractivity contribution >= 4 is 11.9 Å². The van der Waals surface area contributed by atoms with Gasteiger partial charge in [0.2, 0.25) is 0 Å². The molecule has 1 N–H and O–H groups in total. The van der Waals surface area contributed by atoms with Gasteiger partial charge in [0.15, 0.2) is 5.78 Å². The maximum Gasteiger partial charge on any atom is 0.407 e. The average Bonchev–Trinajstić information content (AvgIpc) is 2.27. The van der Waals surface area contributed by atoms with E-state index in [4.69, 9.17) is 4.74 Å². The molecule has 1 atom stereocenters. The van der Waals surface area contributed by atoms with E-state index in [0.717, 1.165) is 12.8 Å². The van der Waals surface area contributed by atoms with Gasteiger partial charge in [0, 0.05) is 12.5 Å². The summed E-state index contributed by atoms with van der Waals surface area (Å²) in [5.41, 5.74) is -0.473. The fraction of sp³-hybridized carbons (Fsp3) is 0.833. The van der Waals surface area contributed by atoms with E-state index in [1.54, 1.807) is 0 Å². The number of Topliss-reactive ketones (excluding diaryl/α,β-unsaturated/α-hetero) is 1. The van der Waals surface area contributed by atoms with E-state index in [2.05, 4.69) is 10.1 Å². The Morgan fingerprint density at radius 1 is 1.29 bits per heavy atom. The Morgan fingerprint density at radius 2 is 1.88 bits per heavy atom. The predicted octanol–water partition coefficient (Wildman–Crippen LogP) is 1.75. The van der Waals surface area contributed by atoms with Crippen molar-refractivity contribution < 1.29 is 19.1 Å². The smallest absolute Gasteiger partial charge is 0.407 e. The molecule has 0 fully saturated rings. The summed E-state index contributed by atoms with van der Waals surface area (Å²) in [5.74, 6) is -0.0356. The Morgan fingerprint density at radius 3 is 2.29 bits per heavy atom. The van der Waals surface area contributed by atoms with Crippen LogP contribution in [0.1, 0.15) is 33.6 Å². The molecule has 0 aliphatic rings. The summed E-state index contributed by atoms with van der Waals surface area (Å²) >= 11 is 0. The van der Waals surface area contributed by atoms with Gasteiger partial charge in [-0.2, -0.15) is 0 Å². The van der Waals surface area contributed by atoms with Crippen molar-refractivity contribution in [3.05, 3.63) is 0 Å². The zero-order chi connectivity index (χ0) is 13.5. The molecule has 0 unspecified atom stereocenters. The van der Waals surface area contributed by atoms with E-state index >= 15 is 0 Å². The molecular formula is C12H23NO4. The highest BCUT2D eigenvalue weighted by Gasteiger charge is 2.33. The third-order valence-corrected chi connectivity index (χ3v) is 2.67. The van der Waals surface area contributed by atoms with Crippen LogP contribution in [0.4, 0.5) is 4.79 Å². The molecule has 0 aliphatic heterocycles. The molecule has 0 radical (unpaired) electrons. The zero-order valence-corrected chi connectivity index (χ0v) is 11.3. The monoisotopic (exact) mass is 245 g/mol. The van der Waals surface area contributed by atoms with Crippen molar-refractivity contribution in [1.82, 2.24) is 5.32 Å². The standard InChI is InChI=1S/C12H23NO4/c1-6-7-12(2,3)10(14)9(8-16-4)13-11(15)17-5/h9H,6-8H2,1-5H3,(H,13,15)/t9-/m0/s1. The van der Waals surface area contributed by atoms with Crippen LogP contribution in [0.15, 0.2) is 0 Å². The van der Waals surface area contributed by atoms with Crippen molar-refractivity contribution in [1.29, 1.82) is 0 Å². The second-order valence-electron chi connectivity index (χ2n) is 4.64. The number of alkyl carbamates (subject to hydrolysis) is 1. The molecule has 0 spiro atoms. The summed E-state index contributed by atoms with van der Waals surface area (Å²) in [6, 6.07) is -0.658. The lowest BCUT2D eigenvalue weighted by atomic mass is 9.80. The number of ether oxygens (including phenoxy) is 2. The average molecular weight is 245 g/mol. The predicted molar refractivity (Wildman–Crippen MR) is 64.9 cm³/mol. The van der Waals surface area contributed by atoms with Crippen LogP contribution >= 0.6 is 0 Å². The fourth-order valence-corrected chi connectivity index (χ4v) is 1.77. The van der Waals surface area contributed by atoms with Gasteiger partial charge < -0.3 is 14.8 Å². The van der Waals surface area contributed by atoms with Crippen molar-refractivity contribution in [2.75, 3.05) is 20.8 Å². The van der Waals surface area contributed by atoms with Crippen molar-refractivity contribution in [2.24, 2.45) is 5.41 Å². The first kappa shape index (κ1) is 15.9. The normalized spacial score (nSPS) is 13.0. The van der Waals surface area contributed by atoms with E-state index < -0.39 is 17.6 Å². The van der Waals surface area contributed by atoms with Crippen LogP contribution in [0.5, 0.6) is 0 Å². The molecule has 5 heteroatoms. The number of carbonyl (C=O) groups is 2. The first-order chi connectivity index (χ1) is 7.88. The van der Waals surface area contributed by atoms with E-state index in [1.165, 1.54) is 14.2 Å². The SMILES string of the molecule is CCCC(C)(C)C(=O)[C@H](COC)NC(=O)OC. The second kappa shape index (κ2) is 7.27. The lowest BCUT2D eigenvalue weighted by Gasteiger charge is -2.27. The summed E-state index contributed by atoms with van der Waals surface area (Å²) < 4.78 is 9.44. The minimum Gasteiger partial charge on any atom is -0.453 e. The highest BCUT2D eigenvalue weighted by molar-refractivity contribution is 5.91. The molecule has 0 saturated carbocycles. The minimum atomic E-state index is -0.658. The van der Waals surface area contributed by atoms with E-state index in [-0.39, 0.29) is 12.4 Å². The summed E-state index contributed by atoms with van der Waals surface area (Å²) in [6.45, 7) is 5.93. The quantitative estimate of drug-likeness (QED) is 0.742. The fourth-order valence-electron chi connectivity index (χ4n) is 1.77. The molecule has 5 nitrogen and oxygen atoms in total. The van der Waals surface area contributed by atoms with Crippen molar-refractivity contribution in [3.63, 3.8) is 0 Å². The third-order valence-electron chi connectivity index (χ3n) is 2.67. The Kier molecular flexibility index (Phi) is 6.80. The number of nitrogens with one attached hydrogen (secondary N) is 1. The van der Waals surface area contributed by atoms with Crippen LogP contribution in [0.25, 0.3) is 0 Å². The highest BCUT2D eigenvalue weighted by Crippen LogP contribution is 2.25. The molecule has 1 amide bonds. The lowest BCUT2D eigenvalue weighted by molar-refractivity contribution is -0.130. The molecule has 0 saturated heterocycles. The first-order valence-corrected chi connectivity index (χ1v) is 5.76. The lowest BCUT2D eigenvalue weighted by Crippen LogP contribution is -2.48. The molecule has 100 valence electrons. The second-order valence-corrected chi connectivity index (χ2v) is 4.64. The minimum absolute atomic E-state index is 0.0356. The molecule has 0 rings (SSSR count). The molecule has 0 aromatic heterocycles. The maximum absolute atomic E-state index is 12.2. The van der Waals surface area contributed by atoms with Crippen LogP contribution in [-0.2, 0) is 14.3 Å². The Bertz CT molecular complexity index is 263. The van der Waals surface area contributed by atoms with Gasteiger partial charge in [-0.1, -0.05) is 27.2 Å². The largest absolute Gasteiger partial charge is 0.453 e. The molecular weight excluding hydrogens is 222 g/mol. The van der Waals surface area contributed by atoms with E-state index in [9.17, 15) is 9.59 Å². The number of carbonyl (C=O) groups excluding carboxylic acids is 2. The zero-order valence-electron chi connectivity index (χ0n) is 11.3. The number of methoxy groups -OCH3 is 2. The number of ketones is 1. The van der Waals surface area contributed by atoms with Crippen LogP contribution in [0.3, 0.4) is 0 Å². The van der Waals surface area contributed by atoms with Crippen LogP contribution in [0, 0.1) is 5.41 Å². The van der Waals surface area contributed by atoms with Gasteiger partial charge >= 0.3 is 6.09 Å². The molecule has 17 heavy (non-hydrogen) atoms. The van der Waals surface area contributed by atoms with Gasteiger partial charge in [0.05, 0.1) is 13.7 Å². The van der Waals surface area contributed by atoms with Gasteiger partial charge in [-0.15, -0.1) is 0 Å². The number of hydrogen-bond donors (Lipinski definition) is 1. The maximum atomic E-state index is 12.2. The first-order valence-electron chi connectivity index (χ1n) is 5.76. The Labute approximate surface area is 103 Å². The van der Waals surface area contributed by atoms with Crippen LogP contribution in [-0.4, -0.2) is 38.7 Å². The van der Waals surface area contributed by atoms with Crippen LogP contribution in [0.2, 0.25) is 0 Å². The van der Waals surface area contributed by atoms with E-state index in [0.29, 0.717) is 0 Å². The van der Waals surface area contributed by atoms with E-state index in [1.807, 2.05) is 20.8 Å².